The van der Waals surface area contributed by atoms with E-state index in [1.807, 2.05) is 24.3 Å². The van der Waals surface area contributed by atoms with E-state index in [1.165, 1.54) is 22.9 Å². The topological polar surface area (TPSA) is 32.7 Å². The zero-order chi connectivity index (χ0) is 13.7. The maximum Gasteiger partial charge on any atom is 0.240 e. The molecule has 0 aliphatic carbocycles. The van der Waals surface area contributed by atoms with E-state index in [0.29, 0.717) is 5.69 Å². The lowest BCUT2D eigenvalue weighted by molar-refractivity contribution is 0.565. The zero-order valence-corrected chi connectivity index (χ0v) is 11.1. The minimum absolute atomic E-state index is 0.636. The summed E-state index contributed by atoms with van der Waals surface area (Å²) in [4.78, 5) is 15.9. The van der Waals surface area contributed by atoms with Crippen molar-refractivity contribution in [3.8, 4) is 0 Å². The Morgan fingerprint density at radius 1 is 1.05 bits per heavy atom. The first-order chi connectivity index (χ1) is 9.19. The summed E-state index contributed by atoms with van der Waals surface area (Å²) in [6.45, 7) is 2.89. The van der Waals surface area contributed by atoms with Crippen LogP contribution in [0.2, 0.25) is 0 Å². The Morgan fingerprint density at radius 2 is 1.68 bits per heavy atom. The largest absolute Gasteiger partial charge is 0.370 e. The van der Waals surface area contributed by atoms with Gasteiger partial charge in [-0.3, -0.25) is 0 Å². The summed E-state index contributed by atoms with van der Waals surface area (Å²) in [6, 6.07) is 16.0. The van der Waals surface area contributed by atoms with Crippen LogP contribution in [0.3, 0.4) is 0 Å². The highest BCUT2D eigenvalue weighted by Crippen LogP contribution is 2.18. The highest BCUT2D eigenvalue weighted by Gasteiger charge is 2.02. The molecule has 0 saturated carbocycles. The molecule has 3 nitrogen and oxygen atoms in total. The van der Waals surface area contributed by atoms with Crippen LogP contribution in [0.5, 0.6) is 0 Å². The van der Waals surface area contributed by atoms with Gasteiger partial charge in [-0.1, -0.05) is 29.8 Å². The number of carbonyl (C=O) groups excluding carboxylic acids is 1. The number of benzene rings is 2. The molecule has 0 atom stereocenters. The van der Waals surface area contributed by atoms with Crippen molar-refractivity contribution in [2.45, 2.75) is 13.5 Å². The average molecular weight is 252 g/mol. The Kier molecular flexibility index (Phi) is 4.11. The normalized spacial score (nSPS) is 9.79. The van der Waals surface area contributed by atoms with Crippen molar-refractivity contribution in [2.24, 2.45) is 4.99 Å². The Hall–Kier alpha value is -2.38. The summed E-state index contributed by atoms with van der Waals surface area (Å²) in [5.41, 5.74) is 4.25. The van der Waals surface area contributed by atoms with E-state index in [4.69, 9.17) is 0 Å². The molecule has 0 amide bonds. The lowest BCUT2D eigenvalue weighted by Crippen LogP contribution is -2.16. The van der Waals surface area contributed by atoms with Crippen LogP contribution in [0.1, 0.15) is 11.1 Å². The van der Waals surface area contributed by atoms with Gasteiger partial charge in [0.25, 0.3) is 0 Å². The number of hydrogen-bond donors (Lipinski definition) is 0. The molecule has 0 aliphatic heterocycles. The molecule has 2 aromatic carbocycles. The van der Waals surface area contributed by atoms with Crippen LogP contribution in [0.4, 0.5) is 11.4 Å². The summed E-state index contributed by atoms with van der Waals surface area (Å²) < 4.78 is 0. The summed E-state index contributed by atoms with van der Waals surface area (Å²) in [6.07, 6.45) is 1.54. The van der Waals surface area contributed by atoms with Crippen molar-refractivity contribution in [3.05, 3.63) is 59.7 Å². The van der Waals surface area contributed by atoms with Gasteiger partial charge in [-0.05, 0) is 36.8 Å². The van der Waals surface area contributed by atoms with Gasteiger partial charge < -0.3 is 4.90 Å². The molecule has 2 aromatic rings. The van der Waals surface area contributed by atoms with Crippen LogP contribution in [-0.2, 0) is 11.3 Å². The van der Waals surface area contributed by atoms with Crippen molar-refractivity contribution in [1.82, 2.24) is 0 Å². The van der Waals surface area contributed by atoms with E-state index in [9.17, 15) is 4.79 Å². The third-order valence-electron chi connectivity index (χ3n) is 3.01. The summed E-state index contributed by atoms with van der Waals surface area (Å²) >= 11 is 0. The fraction of sp³-hybridized carbons (Fsp3) is 0.188. The second kappa shape index (κ2) is 5.98. The molecule has 19 heavy (non-hydrogen) atoms. The van der Waals surface area contributed by atoms with Gasteiger partial charge in [0.05, 0.1) is 5.69 Å². The second-order valence-electron chi connectivity index (χ2n) is 4.56. The van der Waals surface area contributed by atoms with Crippen LogP contribution in [0.25, 0.3) is 0 Å². The monoisotopic (exact) mass is 252 g/mol. The molecule has 0 N–H and O–H groups in total. The number of hydrogen-bond acceptors (Lipinski definition) is 3. The van der Waals surface area contributed by atoms with Crippen molar-refractivity contribution >= 4 is 17.5 Å². The molecule has 0 aromatic heterocycles. The molecule has 0 saturated heterocycles. The van der Waals surface area contributed by atoms with Crippen molar-refractivity contribution in [3.63, 3.8) is 0 Å². The van der Waals surface area contributed by atoms with Gasteiger partial charge in [0.15, 0.2) is 0 Å². The predicted molar refractivity (Wildman–Crippen MR) is 77.5 cm³/mol. The van der Waals surface area contributed by atoms with Crippen LogP contribution in [0.15, 0.2) is 53.5 Å². The number of isocyanates is 1. The van der Waals surface area contributed by atoms with Crippen molar-refractivity contribution < 1.29 is 4.79 Å². The predicted octanol–water partition coefficient (Wildman–Crippen LogP) is 3.60. The quantitative estimate of drug-likeness (QED) is 0.615. The molecule has 0 aliphatic rings. The maximum absolute atomic E-state index is 10.1. The van der Waals surface area contributed by atoms with E-state index in [1.54, 1.807) is 0 Å². The van der Waals surface area contributed by atoms with Gasteiger partial charge in [0.2, 0.25) is 6.08 Å². The molecule has 0 unspecified atom stereocenters. The minimum Gasteiger partial charge on any atom is -0.370 e. The molecule has 0 heterocycles. The molecule has 2 rings (SSSR count). The van der Waals surface area contributed by atoms with Crippen LogP contribution in [0, 0.1) is 6.92 Å². The summed E-state index contributed by atoms with van der Waals surface area (Å²) in [5, 5.41) is 0. The van der Waals surface area contributed by atoms with E-state index < -0.39 is 0 Å². The number of aryl methyl sites for hydroxylation is 1. The third kappa shape index (κ3) is 3.54. The fourth-order valence-corrected chi connectivity index (χ4v) is 1.89. The summed E-state index contributed by atoms with van der Waals surface area (Å²) in [7, 11) is 2.06. The number of aliphatic imine (C=N–C) groups is 1. The summed E-state index contributed by atoms with van der Waals surface area (Å²) in [5.74, 6) is 0. The highest BCUT2D eigenvalue weighted by molar-refractivity contribution is 5.50. The van der Waals surface area contributed by atoms with Gasteiger partial charge in [-0.15, -0.1) is 0 Å². The maximum atomic E-state index is 10.1. The smallest absolute Gasteiger partial charge is 0.240 e. The first kappa shape index (κ1) is 13.1. The Balaban J connectivity index is 2.07. The molecule has 0 spiro atoms. The average Bonchev–Trinajstić information content (AvgIpc) is 2.42. The highest BCUT2D eigenvalue weighted by atomic mass is 16.1. The molecule has 3 heteroatoms. The van der Waals surface area contributed by atoms with Crippen LogP contribution < -0.4 is 4.90 Å². The zero-order valence-electron chi connectivity index (χ0n) is 11.1. The molecular formula is C16H16N2O. The molecule has 96 valence electrons. The lowest BCUT2D eigenvalue weighted by atomic mass is 10.1. The number of anilines is 1. The minimum atomic E-state index is 0.636. The van der Waals surface area contributed by atoms with Gasteiger partial charge in [0, 0.05) is 19.3 Å². The Labute approximate surface area is 113 Å². The Morgan fingerprint density at radius 3 is 2.26 bits per heavy atom. The second-order valence-corrected chi connectivity index (χ2v) is 4.56. The van der Waals surface area contributed by atoms with Crippen molar-refractivity contribution in [1.29, 1.82) is 0 Å². The van der Waals surface area contributed by atoms with Crippen LogP contribution in [-0.4, -0.2) is 13.1 Å². The van der Waals surface area contributed by atoms with Crippen LogP contribution >= 0.6 is 0 Å². The van der Waals surface area contributed by atoms with Crippen molar-refractivity contribution in [2.75, 3.05) is 11.9 Å². The lowest BCUT2D eigenvalue weighted by Gasteiger charge is -2.19. The first-order valence-corrected chi connectivity index (χ1v) is 6.13. The molecule has 0 fully saturated rings. The number of rotatable bonds is 4. The first-order valence-electron chi connectivity index (χ1n) is 6.13. The standard InChI is InChI=1S/C16H16N2O/c1-13-3-9-16(10-4-13)18(2)11-14-5-7-15(8-6-14)17-12-19/h3-10H,11H2,1-2H3. The van der Waals surface area contributed by atoms with E-state index in [0.717, 1.165) is 6.54 Å². The Bertz CT molecular complexity index is 581. The third-order valence-corrected chi connectivity index (χ3v) is 3.01. The molecular weight excluding hydrogens is 236 g/mol. The van der Waals surface area contributed by atoms with E-state index in [2.05, 4.69) is 48.1 Å². The van der Waals surface area contributed by atoms with Gasteiger partial charge in [-0.25, -0.2) is 4.79 Å². The SMILES string of the molecule is Cc1ccc(N(C)Cc2ccc(N=C=O)cc2)cc1. The van der Waals surface area contributed by atoms with E-state index in [-0.39, 0.29) is 0 Å². The van der Waals surface area contributed by atoms with Gasteiger partial charge >= 0.3 is 0 Å². The van der Waals surface area contributed by atoms with Gasteiger partial charge in [-0.2, -0.15) is 4.99 Å². The van der Waals surface area contributed by atoms with E-state index >= 15 is 0 Å². The fourth-order valence-electron chi connectivity index (χ4n) is 1.89. The number of nitrogens with zero attached hydrogens (tertiary/aromatic N) is 2. The van der Waals surface area contributed by atoms with Gasteiger partial charge in [0.1, 0.15) is 0 Å². The molecule has 0 radical (unpaired) electrons. The molecule has 0 bridgehead atoms.